The summed E-state index contributed by atoms with van der Waals surface area (Å²) < 4.78 is 0. The van der Waals surface area contributed by atoms with Crippen LogP contribution in [0.15, 0.2) is 18.2 Å². The molecule has 0 atom stereocenters. The molecule has 1 fully saturated rings. The SMILES string of the molecule is CSCCN(C)c1cccc(CNC2CC2)n1. The van der Waals surface area contributed by atoms with Crippen LogP contribution in [0.1, 0.15) is 18.5 Å². The molecule has 1 N–H and O–H groups in total. The van der Waals surface area contributed by atoms with Crippen LogP contribution in [0, 0.1) is 0 Å². The number of hydrogen-bond acceptors (Lipinski definition) is 4. The number of thioether (sulfide) groups is 1. The van der Waals surface area contributed by atoms with Crippen molar-refractivity contribution in [2.24, 2.45) is 0 Å². The van der Waals surface area contributed by atoms with E-state index >= 15 is 0 Å². The van der Waals surface area contributed by atoms with Gasteiger partial charge >= 0.3 is 0 Å². The highest BCUT2D eigenvalue weighted by molar-refractivity contribution is 7.98. The van der Waals surface area contributed by atoms with Crippen molar-refractivity contribution in [2.75, 3.05) is 30.5 Å². The molecule has 0 spiro atoms. The van der Waals surface area contributed by atoms with Crippen molar-refractivity contribution < 1.29 is 0 Å². The van der Waals surface area contributed by atoms with Gasteiger partial charge in [-0.15, -0.1) is 0 Å². The molecule has 0 saturated heterocycles. The molecule has 0 radical (unpaired) electrons. The topological polar surface area (TPSA) is 28.2 Å². The molecule has 1 heterocycles. The Hall–Kier alpha value is -0.740. The van der Waals surface area contributed by atoms with E-state index in [2.05, 4.69) is 46.7 Å². The van der Waals surface area contributed by atoms with Gasteiger partial charge in [-0.2, -0.15) is 11.8 Å². The van der Waals surface area contributed by atoms with Crippen LogP contribution in [-0.4, -0.2) is 36.6 Å². The lowest BCUT2D eigenvalue weighted by Crippen LogP contribution is -2.22. The molecule has 0 amide bonds. The van der Waals surface area contributed by atoms with Gasteiger partial charge in [0, 0.05) is 31.9 Å². The van der Waals surface area contributed by atoms with Crippen LogP contribution in [0.25, 0.3) is 0 Å². The fourth-order valence-corrected chi connectivity index (χ4v) is 2.11. The van der Waals surface area contributed by atoms with E-state index in [4.69, 9.17) is 0 Å². The van der Waals surface area contributed by atoms with Crippen LogP contribution in [0.5, 0.6) is 0 Å². The van der Waals surface area contributed by atoms with E-state index in [-0.39, 0.29) is 0 Å². The van der Waals surface area contributed by atoms with Gasteiger partial charge in [0.15, 0.2) is 0 Å². The predicted octanol–water partition coefficient (Wildman–Crippen LogP) is 2.13. The molecule has 0 bridgehead atoms. The smallest absolute Gasteiger partial charge is 0.128 e. The maximum atomic E-state index is 4.68. The summed E-state index contributed by atoms with van der Waals surface area (Å²) in [5, 5.41) is 3.50. The zero-order chi connectivity index (χ0) is 12.1. The van der Waals surface area contributed by atoms with Crippen LogP contribution in [-0.2, 0) is 6.54 Å². The monoisotopic (exact) mass is 251 g/mol. The van der Waals surface area contributed by atoms with E-state index in [9.17, 15) is 0 Å². The van der Waals surface area contributed by atoms with Crippen LogP contribution in [0.2, 0.25) is 0 Å². The summed E-state index contributed by atoms with van der Waals surface area (Å²) in [6, 6.07) is 7.03. The Balaban J connectivity index is 1.89. The molecule has 0 aliphatic heterocycles. The number of aromatic nitrogens is 1. The summed E-state index contributed by atoms with van der Waals surface area (Å²) in [5.41, 5.74) is 1.14. The van der Waals surface area contributed by atoms with Crippen LogP contribution in [0.3, 0.4) is 0 Å². The molecular weight excluding hydrogens is 230 g/mol. The Morgan fingerprint density at radius 3 is 3.00 bits per heavy atom. The summed E-state index contributed by atoms with van der Waals surface area (Å²) in [6.45, 7) is 1.95. The normalized spacial score (nSPS) is 14.9. The standard InChI is InChI=1S/C13H21N3S/c1-16(8-9-17-2)13-5-3-4-12(15-13)10-14-11-6-7-11/h3-5,11,14H,6-10H2,1-2H3. The minimum Gasteiger partial charge on any atom is -0.359 e. The molecule has 1 aliphatic carbocycles. The van der Waals surface area contributed by atoms with Crippen molar-refractivity contribution in [2.45, 2.75) is 25.4 Å². The summed E-state index contributed by atoms with van der Waals surface area (Å²) in [7, 11) is 2.11. The Kier molecular flexibility index (Phi) is 4.68. The van der Waals surface area contributed by atoms with Gasteiger partial charge in [-0.1, -0.05) is 6.07 Å². The first-order valence-electron chi connectivity index (χ1n) is 6.19. The molecule has 4 heteroatoms. The maximum absolute atomic E-state index is 4.68. The van der Waals surface area contributed by atoms with Crippen molar-refractivity contribution in [3.8, 4) is 0 Å². The molecule has 2 rings (SSSR count). The second-order valence-corrected chi connectivity index (χ2v) is 5.54. The molecule has 3 nitrogen and oxygen atoms in total. The molecule has 1 saturated carbocycles. The molecule has 1 aliphatic rings. The first-order chi connectivity index (χ1) is 8.29. The van der Waals surface area contributed by atoms with Gasteiger partial charge in [-0.3, -0.25) is 0 Å². The Morgan fingerprint density at radius 1 is 1.47 bits per heavy atom. The van der Waals surface area contributed by atoms with Crippen LogP contribution in [0.4, 0.5) is 5.82 Å². The number of pyridine rings is 1. The van der Waals surface area contributed by atoms with Gasteiger partial charge in [0.2, 0.25) is 0 Å². The summed E-state index contributed by atoms with van der Waals surface area (Å²) in [4.78, 5) is 6.90. The van der Waals surface area contributed by atoms with Crippen LogP contribution < -0.4 is 10.2 Å². The molecule has 94 valence electrons. The fraction of sp³-hybridized carbons (Fsp3) is 0.615. The number of anilines is 1. The zero-order valence-corrected chi connectivity index (χ0v) is 11.5. The lowest BCUT2D eigenvalue weighted by Gasteiger charge is -2.18. The lowest BCUT2D eigenvalue weighted by atomic mass is 10.3. The van der Waals surface area contributed by atoms with E-state index in [1.54, 1.807) is 0 Å². The average molecular weight is 251 g/mol. The van der Waals surface area contributed by atoms with Gasteiger partial charge in [-0.25, -0.2) is 4.98 Å². The summed E-state index contributed by atoms with van der Waals surface area (Å²) >= 11 is 1.87. The van der Waals surface area contributed by atoms with Gasteiger partial charge in [0.1, 0.15) is 5.82 Å². The van der Waals surface area contributed by atoms with Gasteiger partial charge < -0.3 is 10.2 Å². The van der Waals surface area contributed by atoms with E-state index in [0.29, 0.717) is 0 Å². The first kappa shape index (κ1) is 12.7. The predicted molar refractivity (Wildman–Crippen MR) is 75.8 cm³/mol. The van der Waals surface area contributed by atoms with E-state index in [1.165, 1.54) is 12.8 Å². The highest BCUT2D eigenvalue weighted by Gasteiger charge is 2.20. The molecule has 17 heavy (non-hydrogen) atoms. The molecular formula is C13H21N3S. The number of nitrogens with one attached hydrogen (secondary N) is 1. The second-order valence-electron chi connectivity index (χ2n) is 4.56. The quantitative estimate of drug-likeness (QED) is 0.803. The van der Waals surface area contributed by atoms with Gasteiger partial charge in [0.25, 0.3) is 0 Å². The Bertz CT molecular complexity index is 352. The summed E-state index contributed by atoms with van der Waals surface area (Å²) in [5.74, 6) is 2.22. The first-order valence-corrected chi connectivity index (χ1v) is 7.58. The molecule has 1 aromatic rings. The minimum absolute atomic E-state index is 0.745. The van der Waals surface area contributed by atoms with Crippen molar-refractivity contribution >= 4 is 17.6 Å². The fourth-order valence-electron chi connectivity index (χ4n) is 1.66. The third kappa shape index (κ3) is 4.21. The molecule has 1 aromatic heterocycles. The highest BCUT2D eigenvalue weighted by Crippen LogP contribution is 2.19. The molecule has 0 unspecified atom stereocenters. The van der Waals surface area contributed by atoms with Gasteiger partial charge in [-0.05, 0) is 31.2 Å². The maximum Gasteiger partial charge on any atom is 0.128 e. The number of nitrogens with zero attached hydrogens (tertiary/aromatic N) is 2. The number of hydrogen-bond donors (Lipinski definition) is 1. The van der Waals surface area contributed by atoms with Crippen LogP contribution >= 0.6 is 11.8 Å². The van der Waals surface area contributed by atoms with Gasteiger partial charge in [0.05, 0.1) is 5.69 Å². The number of rotatable bonds is 7. The van der Waals surface area contributed by atoms with E-state index in [0.717, 1.165) is 36.4 Å². The lowest BCUT2D eigenvalue weighted by molar-refractivity contribution is 0.673. The third-order valence-corrected chi connectivity index (χ3v) is 3.55. The van der Waals surface area contributed by atoms with E-state index < -0.39 is 0 Å². The average Bonchev–Trinajstić information content (AvgIpc) is 3.18. The largest absolute Gasteiger partial charge is 0.359 e. The third-order valence-electron chi connectivity index (χ3n) is 2.96. The second kappa shape index (κ2) is 6.26. The van der Waals surface area contributed by atoms with Crippen molar-refractivity contribution in [3.05, 3.63) is 23.9 Å². The Morgan fingerprint density at radius 2 is 2.29 bits per heavy atom. The highest BCUT2D eigenvalue weighted by atomic mass is 32.2. The van der Waals surface area contributed by atoms with Crippen molar-refractivity contribution in [1.82, 2.24) is 10.3 Å². The Labute approximate surface area is 108 Å². The van der Waals surface area contributed by atoms with E-state index in [1.807, 2.05) is 11.8 Å². The minimum atomic E-state index is 0.745. The zero-order valence-electron chi connectivity index (χ0n) is 10.6. The summed E-state index contributed by atoms with van der Waals surface area (Å²) in [6.07, 6.45) is 4.79. The van der Waals surface area contributed by atoms with Crippen molar-refractivity contribution in [3.63, 3.8) is 0 Å². The van der Waals surface area contributed by atoms with Crippen molar-refractivity contribution in [1.29, 1.82) is 0 Å². The molecule has 0 aromatic carbocycles.